The van der Waals surface area contributed by atoms with Gasteiger partial charge in [-0.2, -0.15) is 5.10 Å². The molecule has 28 heavy (non-hydrogen) atoms. The van der Waals surface area contributed by atoms with E-state index in [0.717, 1.165) is 27.8 Å². The van der Waals surface area contributed by atoms with E-state index in [1.54, 1.807) is 22.7 Å². The summed E-state index contributed by atoms with van der Waals surface area (Å²) in [6.45, 7) is 4.68. The summed E-state index contributed by atoms with van der Waals surface area (Å²) in [6, 6.07) is 1.87. The number of nitrogens with zero attached hydrogens (tertiary/aromatic N) is 6. The predicted molar refractivity (Wildman–Crippen MR) is 112 cm³/mol. The molecule has 2 N–H and O–H groups in total. The van der Waals surface area contributed by atoms with Gasteiger partial charge in [0.1, 0.15) is 11.1 Å². The van der Waals surface area contributed by atoms with Gasteiger partial charge in [0.2, 0.25) is 5.13 Å². The first-order valence-electron chi connectivity index (χ1n) is 8.75. The van der Waals surface area contributed by atoms with E-state index < -0.39 is 6.10 Å². The standard InChI is InChI=1S/C17H19N7OS3/c1-3-11-8-27-15(19-11)6-13(25)16-21-22-17(28-16)20-14-4-5-24(23-14)7-12-9-26-10(2)18-12/h4-5,8-9,13,25H,3,6-7H2,1-2H3,(H,20,22,23). The molecule has 0 fully saturated rings. The van der Waals surface area contributed by atoms with Crippen LogP contribution in [0.15, 0.2) is 23.0 Å². The molecule has 4 rings (SSSR count). The maximum Gasteiger partial charge on any atom is 0.211 e. The summed E-state index contributed by atoms with van der Waals surface area (Å²) in [7, 11) is 0. The molecule has 1 atom stereocenters. The van der Waals surface area contributed by atoms with Crippen molar-refractivity contribution in [3.05, 3.63) is 49.4 Å². The fourth-order valence-corrected chi connectivity index (χ4v) is 4.81. The minimum atomic E-state index is -0.714. The number of rotatable bonds is 8. The average Bonchev–Trinajstić information content (AvgIpc) is 3.45. The molecule has 0 spiro atoms. The fourth-order valence-electron chi connectivity index (χ4n) is 2.55. The van der Waals surface area contributed by atoms with Gasteiger partial charge in [-0.15, -0.1) is 32.9 Å². The smallest absolute Gasteiger partial charge is 0.211 e. The van der Waals surface area contributed by atoms with Gasteiger partial charge in [0.15, 0.2) is 5.82 Å². The summed E-state index contributed by atoms with van der Waals surface area (Å²) < 4.78 is 1.82. The van der Waals surface area contributed by atoms with Crippen LogP contribution in [0.2, 0.25) is 0 Å². The number of hydrogen-bond acceptors (Lipinski definition) is 10. The van der Waals surface area contributed by atoms with Crippen molar-refractivity contribution in [1.29, 1.82) is 0 Å². The number of thiazole rings is 2. The molecule has 11 heteroatoms. The van der Waals surface area contributed by atoms with Crippen LogP contribution in [-0.4, -0.2) is 35.1 Å². The zero-order valence-electron chi connectivity index (χ0n) is 15.4. The summed E-state index contributed by atoms with van der Waals surface area (Å²) in [5, 5.41) is 33.4. The number of aliphatic hydroxyl groups excluding tert-OH is 1. The Balaban J connectivity index is 1.36. The zero-order chi connectivity index (χ0) is 19.5. The largest absolute Gasteiger partial charge is 0.385 e. The van der Waals surface area contributed by atoms with Gasteiger partial charge < -0.3 is 10.4 Å². The van der Waals surface area contributed by atoms with E-state index in [1.165, 1.54) is 11.3 Å². The first-order chi connectivity index (χ1) is 13.6. The Bertz CT molecular complexity index is 1050. The van der Waals surface area contributed by atoms with E-state index in [2.05, 4.69) is 37.5 Å². The number of aliphatic hydroxyl groups is 1. The highest BCUT2D eigenvalue weighted by molar-refractivity contribution is 7.15. The van der Waals surface area contributed by atoms with Gasteiger partial charge in [-0.25, -0.2) is 9.97 Å². The number of hydrogen-bond donors (Lipinski definition) is 2. The van der Waals surface area contributed by atoms with Crippen molar-refractivity contribution in [2.75, 3.05) is 5.32 Å². The lowest BCUT2D eigenvalue weighted by atomic mass is 10.3. The van der Waals surface area contributed by atoms with Gasteiger partial charge in [0.25, 0.3) is 0 Å². The Kier molecular flexibility index (Phi) is 5.76. The monoisotopic (exact) mass is 433 g/mol. The average molecular weight is 434 g/mol. The second-order valence-corrected chi connectivity index (χ2v) is 9.15. The number of anilines is 2. The molecular formula is C17H19N7OS3. The van der Waals surface area contributed by atoms with E-state index in [0.29, 0.717) is 28.9 Å². The molecule has 0 aromatic carbocycles. The van der Waals surface area contributed by atoms with Gasteiger partial charge in [-0.3, -0.25) is 4.68 Å². The van der Waals surface area contributed by atoms with Crippen LogP contribution in [0.5, 0.6) is 0 Å². The molecule has 0 aliphatic heterocycles. The van der Waals surface area contributed by atoms with Gasteiger partial charge in [-0.1, -0.05) is 18.3 Å². The van der Waals surface area contributed by atoms with Crippen molar-refractivity contribution in [3.63, 3.8) is 0 Å². The lowest BCUT2D eigenvalue weighted by Crippen LogP contribution is -2.01. The van der Waals surface area contributed by atoms with Crippen molar-refractivity contribution in [1.82, 2.24) is 29.9 Å². The van der Waals surface area contributed by atoms with E-state index in [4.69, 9.17) is 0 Å². The van der Waals surface area contributed by atoms with E-state index in [1.807, 2.05) is 34.6 Å². The van der Waals surface area contributed by atoms with Crippen molar-refractivity contribution in [2.24, 2.45) is 0 Å². The Morgan fingerprint density at radius 3 is 2.79 bits per heavy atom. The van der Waals surface area contributed by atoms with E-state index in [-0.39, 0.29) is 0 Å². The van der Waals surface area contributed by atoms with Crippen LogP contribution in [0, 0.1) is 6.92 Å². The topological polar surface area (TPSA) is 102 Å². The van der Waals surface area contributed by atoms with Gasteiger partial charge >= 0.3 is 0 Å². The van der Waals surface area contributed by atoms with Crippen LogP contribution in [0.3, 0.4) is 0 Å². The quantitative estimate of drug-likeness (QED) is 0.438. The molecule has 4 aromatic heterocycles. The maximum atomic E-state index is 10.4. The lowest BCUT2D eigenvalue weighted by molar-refractivity contribution is 0.177. The first kappa shape index (κ1) is 19.1. The first-order valence-corrected chi connectivity index (χ1v) is 11.3. The van der Waals surface area contributed by atoms with Crippen LogP contribution >= 0.6 is 34.0 Å². The molecule has 8 nitrogen and oxygen atoms in total. The van der Waals surface area contributed by atoms with Gasteiger partial charge in [-0.05, 0) is 13.3 Å². The second kappa shape index (κ2) is 8.43. The number of nitrogens with one attached hydrogen (secondary N) is 1. The van der Waals surface area contributed by atoms with Crippen LogP contribution in [-0.2, 0) is 19.4 Å². The van der Waals surface area contributed by atoms with Crippen molar-refractivity contribution < 1.29 is 5.11 Å². The molecule has 0 aliphatic rings. The molecule has 0 amide bonds. The zero-order valence-corrected chi connectivity index (χ0v) is 17.8. The molecule has 1 unspecified atom stereocenters. The SMILES string of the molecule is CCc1csc(CC(O)c2nnc(Nc3ccn(Cc4csc(C)n4)n3)s2)n1. The van der Waals surface area contributed by atoms with Gasteiger partial charge in [0.05, 0.1) is 27.9 Å². The molecule has 146 valence electrons. The van der Waals surface area contributed by atoms with Crippen LogP contribution < -0.4 is 5.32 Å². The Morgan fingerprint density at radius 2 is 2.04 bits per heavy atom. The molecule has 0 saturated heterocycles. The molecule has 0 saturated carbocycles. The number of aromatic nitrogens is 6. The molecule has 0 bridgehead atoms. The molecular weight excluding hydrogens is 414 g/mol. The molecule has 0 radical (unpaired) electrons. The maximum absolute atomic E-state index is 10.4. The summed E-state index contributed by atoms with van der Waals surface area (Å²) in [5.41, 5.74) is 2.04. The normalized spacial score (nSPS) is 12.4. The highest BCUT2D eigenvalue weighted by Gasteiger charge is 2.17. The second-order valence-electron chi connectivity index (χ2n) is 6.13. The molecule has 4 heterocycles. The minimum absolute atomic E-state index is 0.445. The third-order valence-electron chi connectivity index (χ3n) is 3.92. The predicted octanol–water partition coefficient (Wildman–Crippen LogP) is 3.59. The third-order valence-corrected chi connectivity index (χ3v) is 6.60. The van der Waals surface area contributed by atoms with E-state index >= 15 is 0 Å². The fraction of sp³-hybridized carbons (Fsp3) is 0.353. The lowest BCUT2D eigenvalue weighted by Gasteiger charge is -2.03. The Labute approximate surface area is 174 Å². The summed E-state index contributed by atoms with van der Waals surface area (Å²) >= 11 is 4.51. The van der Waals surface area contributed by atoms with Crippen molar-refractivity contribution in [3.8, 4) is 0 Å². The highest BCUT2D eigenvalue weighted by Crippen LogP contribution is 2.27. The Hall–Kier alpha value is -2.21. The van der Waals surface area contributed by atoms with Crippen LogP contribution in [0.25, 0.3) is 0 Å². The van der Waals surface area contributed by atoms with E-state index in [9.17, 15) is 5.11 Å². The number of aryl methyl sites for hydroxylation is 2. The molecule has 4 aromatic rings. The van der Waals surface area contributed by atoms with Crippen molar-refractivity contribution in [2.45, 2.75) is 39.3 Å². The van der Waals surface area contributed by atoms with Crippen molar-refractivity contribution >= 4 is 45.0 Å². The highest BCUT2D eigenvalue weighted by atomic mass is 32.1. The third kappa shape index (κ3) is 4.61. The Morgan fingerprint density at radius 1 is 1.18 bits per heavy atom. The summed E-state index contributed by atoms with van der Waals surface area (Å²) in [4.78, 5) is 8.94. The van der Waals surface area contributed by atoms with Crippen LogP contribution in [0.1, 0.15) is 39.4 Å². The summed E-state index contributed by atoms with van der Waals surface area (Å²) in [6.07, 6.45) is 2.52. The van der Waals surface area contributed by atoms with Crippen LogP contribution in [0.4, 0.5) is 10.9 Å². The minimum Gasteiger partial charge on any atom is -0.385 e. The summed E-state index contributed by atoms with van der Waals surface area (Å²) in [5.74, 6) is 0.677. The molecule has 0 aliphatic carbocycles. The van der Waals surface area contributed by atoms with Gasteiger partial charge in [0, 0.05) is 29.4 Å².